The molecule has 0 aliphatic heterocycles. The minimum absolute atomic E-state index is 0.0888. The summed E-state index contributed by atoms with van der Waals surface area (Å²) in [5.74, 6) is -0.0888. The summed E-state index contributed by atoms with van der Waals surface area (Å²) < 4.78 is 26.9. The van der Waals surface area contributed by atoms with E-state index in [4.69, 9.17) is 17.4 Å². The van der Waals surface area contributed by atoms with Gasteiger partial charge in [-0.2, -0.15) is 0 Å². The first kappa shape index (κ1) is 24.5. The third-order valence-electron chi connectivity index (χ3n) is 4.88. The fraction of sp³-hybridized carbons (Fsp3) is 0.0455. The summed E-state index contributed by atoms with van der Waals surface area (Å²) in [6.45, 7) is 0.406. The molecule has 3 aromatic carbocycles. The standard InChI is InChI=1S/C22H17Br2N5O3S2/c23-14-10-15-19(27-28-22(33)26-17-8-4-5-9-18(17)34(25,31)32)21(30)29(20(15)16(24)11-14)12-13-6-2-1-3-7-13/h1-11,30H,12H2,(H,26,33)(H2,25,31,32). The van der Waals surface area contributed by atoms with Crippen LogP contribution in [-0.2, 0) is 16.6 Å². The lowest BCUT2D eigenvalue weighted by Crippen LogP contribution is -2.16. The number of anilines is 1. The van der Waals surface area contributed by atoms with E-state index in [9.17, 15) is 13.5 Å². The number of nitrogens with one attached hydrogen (secondary N) is 1. The second-order valence-electron chi connectivity index (χ2n) is 7.20. The number of sulfonamides is 1. The Balaban J connectivity index is 1.72. The van der Waals surface area contributed by atoms with Crippen molar-refractivity contribution in [3.05, 3.63) is 81.2 Å². The quantitative estimate of drug-likeness (QED) is 0.185. The van der Waals surface area contributed by atoms with Crippen LogP contribution in [-0.4, -0.2) is 23.2 Å². The first-order valence-electron chi connectivity index (χ1n) is 9.74. The number of primary sulfonamides is 1. The van der Waals surface area contributed by atoms with E-state index in [1.54, 1.807) is 16.7 Å². The number of hydrogen-bond donors (Lipinski definition) is 3. The van der Waals surface area contributed by atoms with Crippen molar-refractivity contribution < 1.29 is 13.5 Å². The van der Waals surface area contributed by atoms with Gasteiger partial charge in [0.25, 0.3) is 0 Å². The predicted octanol–water partition coefficient (Wildman–Crippen LogP) is 6.05. The molecule has 0 saturated carbocycles. The first-order valence-corrected chi connectivity index (χ1v) is 13.3. The van der Waals surface area contributed by atoms with Gasteiger partial charge in [0, 0.05) is 14.3 Å². The molecule has 0 atom stereocenters. The van der Waals surface area contributed by atoms with Gasteiger partial charge < -0.3 is 15.0 Å². The Labute approximate surface area is 217 Å². The van der Waals surface area contributed by atoms with Crippen molar-refractivity contribution in [1.29, 1.82) is 0 Å². The second-order valence-corrected chi connectivity index (χ2v) is 10.9. The molecular formula is C22H17Br2N5O3S2. The molecule has 0 spiro atoms. The van der Waals surface area contributed by atoms with Crippen LogP contribution in [0.5, 0.6) is 5.88 Å². The largest absolute Gasteiger partial charge is 0.493 e. The van der Waals surface area contributed by atoms with Gasteiger partial charge in [-0.3, -0.25) is 0 Å². The van der Waals surface area contributed by atoms with Crippen molar-refractivity contribution in [3.63, 3.8) is 0 Å². The topological polar surface area (TPSA) is 122 Å². The van der Waals surface area contributed by atoms with Gasteiger partial charge in [-0.15, -0.1) is 10.2 Å². The molecule has 0 bridgehead atoms. The molecule has 0 aliphatic carbocycles. The number of halogens is 2. The van der Waals surface area contributed by atoms with Crippen LogP contribution < -0.4 is 10.5 Å². The highest BCUT2D eigenvalue weighted by Gasteiger charge is 2.20. The van der Waals surface area contributed by atoms with Crippen molar-refractivity contribution >= 4 is 81.5 Å². The number of benzene rings is 3. The number of thiocarbonyl (C=S) groups is 1. The Bertz CT molecular complexity index is 1540. The Kier molecular flexibility index (Phi) is 7.14. The number of aromatic hydroxyl groups is 1. The third-order valence-corrected chi connectivity index (χ3v) is 7.10. The number of aromatic nitrogens is 1. The minimum Gasteiger partial charge on any atom is -0.493 e. The zero-order chi connectivity index (χ0) is 24.5. The SMILES string of the molecule is NS(=O)(=O)c1ccccc1NC(=S)N=Nc1c(O)n(Cc2ccccc2)c2c(Br)cc(Br)cc12. The van der Waals surface area contributed by atoms with Crippen LogP contribution in [0.2, 0.25) is 0 Å². The highest BCUT2D eigenvalue weighted by molar-refractivity contribution is 9.11. The Morgan fingerprint density at radius 1 is 1.09 bits per heavy atom. The maximum Gasteiger partial charge on any atom is 0.240 e. The average Bonchev–Trinajstić information content (AvgIpc) is 3.03. The maximum atomic E-state index is 11.8. The second kappa shape index (κ2) is 9.92. The van der Waals surface area contributed by atoms with Gasteiger partial charge in [-0.1, -0.05) is 58.4 Å². The third kappa shape index (κ3) is 5.20. The fourth-order valence-corrected chi connectivity index (χ4v) is 5.73. The summed E-state index contributed by atoms with van der Waals surface area (Å²) in [6, 6.07) is 19.4. The number of hydrogen-bond acceptors (Lipinski definition) is 5. The Morgan fingerprint density at radius 3 is 2.47 bits per heavy atom. The van der Waals surface area contributed by atoms with Crippen LogP contribution in [0.4, 0.5) is 11.4 Å². The highest BCUT2D eigenvalue weighted by Crippen LogP contribution is 2.43. The number of nitrogens with zero attached hydrogens (tertiary/aromatic N) is 3. The molecule has 4 aromatic rings. The maximum absolute atomic E-state index is 11.8. The van der Waals surface area contributed by atoms with Crippen LogP contribution in [0.15, 0.2) is 90.8 Å². The molecule has 1 aromatic heterocycles. The molecule has 34 heavy (non-hydrogen) atoms. The van der Waals surface area contributed by atoms with Gasteiger partial charge in [-0.05, 0) is 58.0 Å². The molecule has 4 rings (SSSR count). The molecular weight excluding hydrogens is 606 g/mol. The zero-order valence-electron chi connectivity index (χ0n) is 17.3. The van der Waals surface area contributed by atoms with Crippen LogP contribution >= 0.6 is 44.1 Å². The fourth-order valence-electron chi connectivity index (χ4n) is 3.45. The van der Waals surface area contributed by atoms with E-state index < -0.39 is 10.0 Å². The molecule has 4 N–H and O–H groups in total. The van der Waals surface area contributed by atoms with E-state index in [1.807, 2.05) is 42.5 Å². The molecule has 8 nitrogen and oxygen atoms in total. The Morgan fingerprint density at radius 2 is 1.76 bits per heavy atom. The number of fused-ring (bicyclic) bond motifs is 1. The van der Waals surface area contributed by atoms with Crippen LogP contribution in [0.3, 0.4) is 0 Å². The molecule has 0 aliphatic rings. The van der Waals surface area contributed by atoms with Crippen LogP contribution in [0.1, 0.15) is 5.56 Å². The monoisotopic (exact) mass is 621 g/mol. The van der Waals surface area contributed by atoms with Crippen LogP contribution in [0, 0.1) is 0 Å². The lowest BCUT2D eigenvalue weighted by molar-refractivity contribution is 0.429. The van der Waals surface area contributed by atoms with E-state index in [0.29, 0.717) is 11.9 Å². The highest BCUT2D eigenvalue weighted by atomic mass is 79.9. The minimum atomic E-state index is -3.97. The van der Waals surface area contributed by atoms with Gasteiger partial charge in [0.05, 0.1) is 17.7 Å². The lowest BCUT2D eigenvalue weighted by Gasteiger charge is -2.08. The predicted molar refractivity (Wildman–Crippen MR) is 143 cm³/mol. The molecule has 0 unspecified atom stereocenters. The van der Waals surface area contributed by atoms with E-state index in [-0.39, 0.29) is 27.3 Å². The van der Waals surface area contributed by atoms with Gasteiger partial charge in [0.2, 0.25) is 21.0 Å². The number of azo groups is 1. The number of rotatable bonds is 5. The molecule has 0 saturated heterocycles. The van der Waals surface area contributed by atoms with E-state index in [2.05, 4.69) is 47.4 Å². The normalized spacial score (nSPS) is 11.9. The van der Waals surface area contributed by atoms with Gasteiger partial charge in [-0.25, -0.2) is 13.6 Å². The van der Waals surface area contributed by atoms with E-state index >= 15 is 0 Å². The van der Waals surface area contributed by atoms with Crippen LogP contribution in [0.25, 0.3) is 10.9 Å². The molecule has 0 fully saturated rings. The first-order chi connectivity index (χ1) is 16.1. The van der Waals surface area contributed by atoms with Gasteiger partial charge in [0.15, 0.2) is 5.69 Å². The van der Waals surface area contributed by atoms with Crippen molar-refractivity contribution in [2.45, 2.75) is 11.4 Å². The lowest BCUT2D eigenvalue weighted by atomic mass is 10.2. The summed E-state index contributed by atoms with van der Waals surface area (Å²) in [5.41, 5.74) is 2.12. The zero-order valence-corrected chi connectivity index (χ0v) is 22.1. The van der Waals surface area contributed by atoms with Crippen molar-refractivity contribution in [3.8, 4) is 5.88 Å². The molecule has 174 valence electrons. The smallest absolute Gasteiger partial charge is 0.240 e. The number of nitrogens with two attached hydrogens (primary N) is 1. The summed E-state index contributed by atoms with van der Waals surface area (Å²) in [5, 5.41) is 27.8. The van der Waals surface area contributed by atoms with E-state index in [0.717, 1.165) is 20.0 Å². The molecule has 12 heteroatoms. The molecule has 0 radical (unpaired) electrons. The van der Waals surface area contributed by atoms with E-state index in [1.165, 1.54) is 12.1 Å². The van der Waals surface area contributed by atoms with Gasteiger partial charge >= 0.3 is 0 Å². The van der Waals surface area contributed by atoms with Crippen molar-refractivity contribution in [2.75, 3.05) is 5.32 Å². The molecule has 1 heterocycles. The average molecular weight is 623 g/mol. The summed E-state index contributed by atoms with van der Waals surface area (Å²) in [4.78, 5) is -0.122. The molecule has 0 amide bonds. The Hall–Kier alpha value is -2.64. The number of para-hydroxylation sites is 1. The summed E-state index contributed by atoms with van der Waals surface area (Å²) in [7, 11) is -3.97. The summed E-state index contributed by atoms with van der Waals surface area (Å²) >= 11 is 12.3. The van der Waals surface area contributed by atoms with Crippen molar-refractivity contribution in [2.24, 2.45) is 15.4 Å². The van der Waals surface area contributed by atoms with Crippen molar-refractivity contribution in [1.82, 2.24) is 4.57 Å². The summed E-state index contributed by atoms with van der Waals surface area (Å²) in [6.07, 6.45) is 0. The van der Waals surface area contributed by atoms with Gasteiger partial charge in [0.1, 0.15) is 4.90 Å².